The molecular weight excluding hydrogens is 310 g/mol. The first-order valence-electron chi connectivity index (χ1n) is 6.75. The molecule has 0 saturated carbocycles. The van der Waals surface area contributed by atoms with Crippen molar-refractivity contribution in [2.45, 2.75) is 24.6 Å². The van der Waals surface area contributed by atoms with E-state index in [1.165, 1.54) is 12.1 Å². The Hall–Kier alpha value is -1.25. The highest BCUT2D eigenvalue weighted by molar-refractivity contribution is 6.33. The molecule has 0 bridgehead atoms. The molecule has 0 amide bonds. The fourth-order valence-electron chi connectivity index (χ4n) is 2.58. The Morgan fingerprint density at radius 3 is 2.67 bits per heavy atom. The van der Waals surface area contributed by atoms with Crippen molar-refractivity contribution in [1.82, 2.24) is 0 Å². The third-order valence-electron chi connectivity index (χ3n) is 3.85. The smallest absolute Gasteiger partial charge is 0.124 e. The summed E-state index contributed by atoms with van der Waals surface area (Å²) in [5.41, 5.74) is 2.75. The molecule has 0 aromatic heterocycles. The first-order valence-corrected chi connectivity index (χ1v) is 7.56. The molecule has 0 saturated heterocycles. The number of rotatable bonds is 2. The van der Waals surface area contributed by atoms with E-state index in [4.69, 9.17) is 27.9 Å². The molecule has 21 heavy (non-hydrogen) atoms. The molecule has 110 valence electrons. The van der Waals surface area contributed by atoms with Crippen molar-refractivity contribution in [2.24, 2.45) is 0 Å². The number of fused-ring (bicyclic) bond motifs is 1. The largest absolute Gasteiger partial charge is 0.492 e. The Morgan fingerprint density at radius 2 is 1.95 bits per heavy atom. The number of halogens is 3. The summed E-state index contributed by atoms with van der Waals surface area (Å²) in [6.45, 7) is 4.93. The maximum atomic E-state index is 13.2. The van der Waals surface area contributed by atoms with E-state index in [-0.39, 0.29) is 11.2 Å². The Bertz CT molecular complexity index is 697. The van der Waals surface area contributed by atoms with Crippen LogP contribution in [0.2, 0.25) is 5.02 Å². The minimum atomic E-state index is -0.417. The van der Waals surface area contributed by atoms with Gasteiger partial charge in [-0.25, -0.2) is 4.39 Å². The van der Waals surface area contributed by atoms with E-state index in [0.29, 0.717) is 17.2 Å². The first kappa shape index (κ1) is 14.7. The number of hydrogen-bond acceptors (Lipinski definition) is 1. The number of benzene rings is 2. The molecule has 0 fully saturated rings. The third-order valence-corrected chi connectivity index (χ3v) is 4.66. The molecule has 1 nitrogen and oxygen atoms in total. The highest BCUT2D eigenvalue weighted by atomic mass is 35.5. The third kappa shape index (κ3) is 2.63. The minimum Gasteiger partial charge on any atom is -0.492 e. The molecule has 0 spiro atoms. The molecular formula is C17H15Cl2FO. The van der Waals surface area contributed by atoms with Gasteiger partial charge in [0, 0.05) is 16.0 Å². The molecule has 1 atom stereocenters. The number of alkyl halides is 1. The average Bonchev–Trinajstić information content (AvgIpc) is 2.74. The maximum Gasteiger partial charge on any atom is 0.124 e. The normalized spacial score (nSPS) is 17.2. The van der Waals surface area contributed by atoms with Crippen LogP contribution in [0.4, 0.5) is 4.39 Å². The summed E-state index contributed by atoms with van der Waals surface area (Å²) in [7, 11) is 0. The monoisotopic (exact) mass is 324 g/mol. The second-order valence-electron chi connectivity index (χ2n) is 5.96. The predicted octanol–water partition coefficient (Wildman–Crippen LogP) is 5.48. The van der Waals surface area contributed by atoms with Gasteiger partial charge in [-0.05, 0) is 35.4 Å². The van der Waals surface area contributed by atoms with Crippen LogP contribution in [0.3, 0.4) is 0 Å². The van der Waals surface area contributed by atoms with Crippen LogP contribution in [0.15, 0.2) is 36.4 Å². The van der Waals surface area contributed by atoms with Crippen molar-refractivity contribution in [1.29, 1.82) is 0 Å². The van der Waals surface area contributed by atoms with Gasteiger partial charge >= 0.3 is 0 Å². The van der Waals surface area contributed by atoms with Crippen LogP contribution in [0.5, 0.6) is 5.75 Å². The van der Waals surface area contributed by atoms with E-state index in [1.807, 2.05) is 12.1 Å². The molecule has 1 aliphatic heterocycles. The molecule has 2 aromatic carbocycles. The first-order chi connectivity index (χ1) is 9.88. The summed E-state index contributed by atoms with van der Waals surface area (Å²) in [6.07, 6.45) is 0. The summed E-state index contributed by atoms with van der Waals surface area (Å²) < 4.78 is 18.8. The summed E-state index contributed by atoms with van der Waals surface area (Å²) in [4.78, 5) is 0. The lowest BCUT2D eigenvalue weighted by molar-refractivity contribution is 0.291. The van der Waals surface area contributed by atoms with E-state index in [9.17, 15) is 4.39 Å². The van der Waals surface area contributed by atoms with Gasteiger partial charge in [-0.3, -0.25) is 0 Å². The van der Waals surface area contributed by atoms with Crippen molar-refractivity contribution in [3.8, 4) is 5.75 Å². The minimum absolute atomic E-state index is 0.0332. The summed E-state index contributed by atoms with van der Waals surface area (Å²) >= 11 is 12.6. The lowest BCUT2D eigenvalue weighted by Gasteiger charge is -2.18. The van der Waals surface area contributed by atoms with Crippen LogP contribution >= 0.6 is 23.2 Å². The van der Waals surface area contributed by atoms with Crippen LogP contribution in [-0.2, 0) is 5.41 Å². The van der Waals surface area contributed by atoms with Crippen molar-refractivity contribution >= 4 is 23.2 Å². The van der Waals surface area contributed by atoms with Crippen LogP contribution in [0, 0.1) is 5.82 Å². The average molecular weight is 325 g/mol. The lowest BCUT2D eigenvalue weighted by atomic mass is 9.85. The number of hydrogen-bond donors (Lipinski definition) is 0. The van der Waals surface area contributed by atoms with Crippen LogP contribution < -0.4 is 4.74 Å². The van der Waals surface area contributed by atoms with Gasteiger partial charge in [-0.15, -0.1) is 11.6 Å². The van der Waals surface area contributed by atoms with Gasteiger partial charge in [0.15, 0.2) is 0 Å². The van der Waals surface area contributed by atoms with Crippen LogP contribution in [-0.4, -0.2) is 6.61 Å². The number of ether oxygens (including phenoxy) is 1. The highest BCUT2D eigenvalue weighted by Crippen LogP contribution is 2.42. The quantitative estimate of drug-likeness (QED) is 0.665. The van der Waals surface area contributed by atoms with Gasteiger partial charge in [-0.2, -0.15) is 0 Å². The van der Waals surface area contributed by atoms with Gasteiger partial charge < -0.3 is 4.74 Å². The Kier molecular flexibility index (Phi) is 3.62. The lowest BCUT2D eigenvalue weighted by Crippen LogP contribution is -2.18. The van der Waals surface area contributed by atoms with E-state index in [0.717, 1.165) is 16.9 Å². The molecule has 0 radical (unpaired) electrons. The second kappa shape index (κ2) is 5.19. The van der Waals surface area contributed by atoms with Crippen molar-refractivity contribution < 1.29 is 9.13 Å². The van der Waals surface area contributed by atoms with Gasteiger partial charge in [0.1, 0.15) is 11.6 Å². The second-order valence-corrected chi connectivity index (χ2v) is 6.80. The van der Waals surface area contributed by atoms with E-state index in [1.54, 1.807) is 6.07 Å². The van der Waals surface area contributed by atoms with E-state index >= 15 is 0 Å². The van der Waals surface area contributed by atoms with Crippen molar-refractivity contribution in [3.05, 3.63) is 63.9 Å². The van der Waals surface area contributed by atoms with Gasteiger partial charge in [0.25, 0.3) is 0 Å². The molecule has 1 aliphatic rings. The molecule has 2 aromatic rings. The van der Waals surface area contributed by atoms with Crippen LogP contribution in [0.1, 0.15) is 35.9 Å². The van der Waals surface area contributed by atoms with Crippen molar-refractivity contribution in [3.63, 3.8) is 0 Å². The maximum absolute atomic E-state index is 13.2. The summed E-state index contributed by atoms with van der Waals surface area (Å²) in [5, 5.41) is -0.0780. The predicted molar refractivity (Wildman–Crippen MR) is 84.1 cm³/mol. The molecule has 0 aliphatic carbocycles. The zero-order chi connectivity index (χ0) is 15.2. The van der Waals surface area contributed by atoms with Crippen molar-refractivity contribution in [2.75, 3.05) is 6.61 Å². The van der Waals surface area contributed by atoms with E-state index < -0.39 is 5.38 Å². The van der Waals surface area contributed by atoms with Crippen LogP contribution in [0.25, 0.3) is 0 Å². The molecule has 3 rings (SSSR count). The van der Waals surface area contributed by atoms with Gasteiger partial charge in [0.05, 0.1) is 12.0 Å². The fraction of sp³-hybridized carbons (Fsp3) is 0.294. The van der Waals surface area contributed by atoms with Gasteiger partial charge in [0.2, 0.25) is 0 Å². The summed E-state index contributed by atoms with van der Waals surface area (Å²) in [5.74, 6) is 0.536. The molecule has 1 unspecified atom stereocenters. The Morgan fingerprint density at radius 1 is 1.19 bits per heavy atom. The zero-order valence-corrected chi connectivity index (χ0v) is 13.3. The topological polar surface area (TPSA) is 9.23 Å². The zero-order valence-electron chi connectivity index (χ0n) is 11.8. The summed E-state index contributed by atoms with van der Waals surface area (Å²) in [6, 6.07) is 10.2. The molecule has 0 N–H and O–H groups in total. The molecule has 1 heterocycles. The Balaban J connectivity index is 2.01. The highest BCUT2D eigenvalue weighted by Gasteiger charge is 2.32. The Labute approximate surface area is 133 Å². The fourth-order valence-corrected chi connectivity index (χ4v) is 3.24. The standard InChI is InChI=1S/C17H15Cl2FO/c1-17(2)9-21-15-6-3-10(7-13(15)17)16(19)12-5-4-11(20)8-14(12)18/h3-8,16H,9H2,1-2H3. The molecule has 4 heteroatoms. The van der Waals surface area contributed by atoms with Gasteiger partial charge in [-0.1, -0.05) is 37.6 Å². The SMILES string of the molecule is CC1(C)COc2ccc(C(Cl)c3ccc(F)cc3Cl)cc21. The van der Waals surface area contributed by atoms with E-state index in [2.05, 4.69) is 19.9 Å².